The highest BCUT2D eigenvalue weighted by molar-refractivity contribution is 7.18. The Morgan fingerprint density at radius 3 is 2.52 bits per heavy atom. The fourth-order valence-electron chi connectivity index (χ4n) is 1.57. The molecule has 7 heteroatoms. The van der Waals surface area contributed by atoms with Gasteiger partial charge < -0.3 is 19.9 Å². The van der Waals surface area contributed by atoms with Crippen LogP contribution in [0.3, 0.4) is 0 Å². The molecule has 0 spiro atoms. The van der Waals surface area contributed by atoms with Crippen LogP contribution in [0.5, 0.6) is 11.5 Å². The summed E-state index contributed by atoms with van der Waals surface area (Å²) in [5.74, 6) is -0.396. The fraction of sp³-hybridized carbons (Fsp3) is 0.143. The summed E-state index contributed by atoms with van der Waals surface area (Å²) < 4.78 is 10.5. The van der Waals surface area contributed by atoms with E-state index in [9.17, 15) is 9.59 Å². The maximum atomic E-state index is 11.7. The lowest BCUT2D eigenvalue weighted by Crippen LogP contribution is -2.19. The van der Waals surface area contributed by atoms with Gasteiger partial charge >= 0.3 is 5.97 Å². The van der Waals surface area contributed by atoms with Crippen LogP contribution in [0.25, 0.3) is 0 Å². The Balaban J connectivity index is 1.91. The number of aromatic carboxylic acids is 1. The van der Waals surface area contributed by atoms with Crippen LogP contribution in [-0.4, -0.2) is 30.7 Å². The van der Waals surface area contributed by atoms with Crippen LogP contribution in [0.2, 0.25) is 0 Å². The number of anilines is 1. The van der Waals surface area contributed by atoms with Crippen molar-refractivity contribution in [2.75, 3.05) is 19.0 Å². The molecule has 1 amide bonds. The number of rotatable bonds is 6. The lowest BCUT2D eigenvalue weighted by molar-refractivity contribution is -0.118. The lowest BCUT2D eigenvalue weighted by Gasteiger charge is -2.09. The fourth-order valence-corrected chi connectivity index (χ4v) is 2.34. The van der Waals surface area contributed by atoms with E-state index in [4.69, 9.17) is 14.6 Å². The van der Waals surface area contributed by atoms with Gasteiger partial charge in [-0.3, -0.25) is 4.79 Å². The highest BCUT2D eigenvalue weighted by Gasteiger charge is 2.10. The molecule has 2 rings (SSSR count). The van der Waals surface area contributed by atoms with E-state index in [1.54, 1.807) is 24.3 Å². The van der Waals surface area contributed by atoms with Gasteiger partial charge in [-0.1, -0.05) is 12.1 Å². The number of thiophene rings is 1. The first-order valence-corrected chi connectivity index (χ1v) is 6.80. The van der Waals surface area contributed by atoms with Crippen LogP contribution in [0.15, 0.2) is 36.4 Å². The number of benzene rings is 1. The summed E-state index contributed by atoms with van der Waals surface area (Å²) in [5.41, 5.74) is 0. The molecule has 2 N–H and O–H groups in total. The van der Waals surface area contributed by atoms with Crippen molar-refractivity contribution in [2.45, 2.75) is 0 Å². The van der Waals surface area contributed by atoms with Crippen molar-refractivity contribution in [1.82, 2.24) is 0 Å². The SMILES string of the molecule is COc1ccccc1OCC(=O)Nc1ccc(C(=O)O)s1. The van der Waals surface area contributed by atoms with Gasteiger partial charge in [0.25, 0.3) is 5.91 Å². The molecule has 0 bridgehead atoms. The van der Waals surface area contributed by atoms with E-state index in [1.807, 2.05) is 0 Å². The van der Waals surface area contributed by atoms with Crippen molar-refractivity contribution < 1.29 is 24.2 Å². The number of hydrogen-bond acceptors (Lipinski definition) is 5. The number of carbonyl (C=O) groups excluding carboxylic acids is 1. The Morgan fingerprint density at radius 2 is 1.90 bits per heavy atom. The van der Waals surface area contributed by atoms with Gasteiger partial charge in [0.2, 0.25) is 0 Å². The van der Waals surface area contributed by atoms with E-state index in [0.717, 1.165) is 11.3 Å². The average molecular weight is 307 g/mol. The zero-order chi connectivity index (χ0) is 15.2. The number of para-hydroxylation sites is 2. The van der Waals surface area contributed by atoms with Crippen LogP contribution in [0.4, 0.5) is 5.00 Å². The number of carbonyl (C=O) groups is 2. The molecule has 0 aliphatic heterocycles. The summed E-state index contributed by atoms with van der Waals surface area (Å²) in [6.07, 6.45) is 0. The molecule has 1 aromatic heterocycles. The monoisotopic (exact) mass is 307 g/mol. The quantitative estimate of drug-likeness (QED) is 0.856. The molecule has 0 radical (unpaired) electrons. The van der Waals surface area contributed by atoms with Gasteiger partial charge in [0.05, 0.1) is 12.1 Å². The van der Waals surface area contributed by atoms with Gasteiger partial charge in [-0.15, -0.1) is 11.3 Å². The van der Waals surface area contributed by atoms with Crippen molar-refractivity contribution in [1.29, 1.82) is 0 Å². The first-order chi connectivity index (χ1) is 10.1. The van der Waals surface area contributed by atoms with Gasteiger partial charge in [0, 0.05) is 0 Å². The van der Waals surface area contributed by atoms with Crippen LogP contribution in [-0.2, 0) is 4.79 Å². The smallest absolute Gasteiger partial charge is 0.345 e. The zero-order valence-electron chi connectivity index (χ0n) is 11.2. The summed E-state index contributed by atoms with van der Waals surface area (Å²) in [5, 5.41) is 11.8. The maximum Gasteiger partial charge on any atom is 0.345 e. The first-order valence-electron chi connectivity index (χ1n) is 5.99. The Labute approximate surface area is 124 Å². The second kappa shape index (κ2) is 6.76. The van der Waals surface area contributed by atoms with E-state index in [2.05, 4.69) is 5.32 Å². The van der Waals surface area contributed by atoms with Gasteiger partial charge in [0.15, 0.2) is 18.1 Å². The number of amides is 1. The Morgan fingerprint density at radius 1 is 1.19 bits per heavy atom. The molecular formula is C14H13NO5S. The molecule has 0 saturated heterocycles. The van der Waals surface area contributed by atoms with Crippen LogP contribution < -0.4 is 14.8 Å². The zero-order valence-corrected chi connectivity index (χ0v) is 12.0. The highest BCUT2D eigenvalue weighted by atomic mass is 32.1. The molecule has 1 aromatic carbocycles. The summed E-state index contributed by atoms with van der Waals surface area (Å²) >= 11 is 0.987. The largest absolute Gasteiger partial charge is 0.493 e. The second-order valence-electron chi connectivity index (χ2n) is 3.96. The van der Waals surface area contributed by atoms with Gasteiger partial charge in [-0.05, 0) is 24.3 Å². The van der Waals surface area contributed by atoms with Crippen LogP contribution in [0, 0.1) is 0 Å². The molecule has 21 heavy (non-hydrogen) atoms. The third-order valence-electron chi connectivity index (χ3n) is 2.51. The molecule has 110 valence electrons. The topological polar surface area (TPSA) is 84.9 Å². The number of carboxylic acids is 1. The normalized spacial score (nSPS) is 9.95. The van der Waals surface area contributed by atoms with Crippen LogP contribution in [0.1, 0.15) is 9.67 Å². The predicted molar refractivity (Wildman–Crippen MR) is 78.4 cm³/mol. The molecule has 1 heterocycles. The summed E-state index contributed by atoms with van der Waals surface area (Å²) in [7, 11) is 1.52. The number of nitrogens with one attached hydrogen (secondary N) is 1. The second-order valence-corrected chi connectivity index (χ2v) is 5.04. The summed E-state index contributed by atoms with van der Waals surface area (Å²) in [4.78, 5) is 22.7. The number of hydrogen-bond donors (Lipinski definition) is 2. The Kier molecular flexibility index (Phi) is 4.78. The van der Waals surface area contributed by atoms with Crippen molar-refractivity contribution >= 4 is 28.2 Å². The minimum absolute atomic E-state index is 0.163. The van der Waals surface area contributed by atoms with E-state index >= 15 is 0 Å². The molecule has 2 aromatic rings. The van der Waals surface area contributed by atoms with Crippen molar-refractivity contribution in [3.8, 4) is 11.5 Å². The lowest BCUT2D eigenvalue weighted by atomic mass is 10.3. The molecule has 0 atom stereocenters. The summed E-state index contributed by atoms with van der Waals surface area (Å²) in [6.45, 7) is -0.194. The van der Waals surface area contributed by atoms with E-state index in [0.29, 0.717) is 16.5 Å². The van der Waals surface area contributed by atoms with Crippen LogP contribution >= 0.6 is 11.3 Å². The first kappa shape index (κ1) is 14.9. The number of ether oxygens (including phenoxy) is 2. The van der Waals surface area contributed by atoms with Crippen molar-refractivity contribution in [3.63, 3.8) is 0 Å². The van der Waals surface area contributed by atoms with Crippen molar-refractivity contribution in [2.24, 2.45) is 0 Å². The molecular weight excluding hydrogens is 294 g/mol. The minimum atomic E-state index is -1.02. The number of methoxy groups -OCH3 is 1. The van der Waals surface area contributed by atoms with E-state index in [-0.39, 0.29) is 17.4 Å². The Hall–Kier alpha value is -2.54. The maximum absolute atomic E-state index is 11.7. The summed E-state index contributed by atoms with van der Waals surface area (Å²) in [6, 6.07) is 9.96. The van der Waals surface area contributed by atoms with Crippen molar-refractivity contribution in [3.05, 3.63) is 41.3 Å². The Bertz CT molecular complexity index is 652. The molecule has 0 aliphatic carbocycles. The average Bonchev–Trinajstić information content (AvgIpc) is 2.94. The molecule has 6 nitrogen and oxygen atoms in total. The van der Waals surface area contributed by atoms with Gasteiger partial charge in [-0.2, -0.15) is 0 Å². The van der Waals surface area contributed by atoms with E-state index < -0.39 is 5.97 Å². The third kappa shape index (κ3) is 3.96. The number of carboxylic acid groups (broad SMARTS) is 1. The molecule has 0 unspecified atom stereocenters. The minimum Gasteiger partial charge on any atom is -0.493 e. The van der Waals surface area contributed by atoms with Gasteiger partial charge in [-0.25, -0.2) is 4.79 Å². The molecule has 0 aliphatic rings. The third-order valence-corrected chi connectivity index (χ3v) is 3.50. The predicted octanol–water partition coefficient (Wildman–Crippen LogP) is 2.47. The van der Waals surface area contributed by atoms with Gasteiger partial charge in [0.1, 0.15) is 4.88 Å². The highest BCUT2D eigenvalue weighted by Crippen LogP contribution is 2.26. The standard InChI is InChI=1S/C14H13NO5S/c1-19-9-4-2-3-5-10(9)20-8-12(16)15-13-7-6-11(21-13)14(17)18/h2-7H,8H2,1H3,(H,15,16)(H,17,18). The molecule has 0 saturated carbocycles. The van der Waals surface area contributed by atoms with E-state index in [1.165, 1.54) is 19.2 Å². The molecule has 0 fully saturated rings.